The molecule has 0 atom stereocenters. The number of nitrogens with zero attached hydrogens (tertiary/aromatic N) is 2. The molecule has 1 amide bonds. The Morgan fingerprint density at radius 3 is 2.61 bits per heavy atom. The highest BCUT2D eigenvalue weighted by Crippen LogP contribution is 2.21. The predicted molar refractivity (Wildman–Crippen MR) is 107 cm³/mol. The van der Waals surface area contributed by atoms with Gasteiger partial charge in [0.15, 0.2) is 0 Å². The Bertz CT molecular complexity index is 967. The standard InChI is InChI=1S/C20H23N3O4S/c1-27-18-9-5-7-16(13-18)15-21-22-20(24)17-8-6-10-19(14-17)28(25,26)23-11-3-2-4-12-23/h5-10,13-15H,2-4,11-12H2,1H3,(H,22,24)/b21-15+. The van der Waals surface area contributed by atoms with Crippen molar-refractivity contribution in [2.45, 2.75) is 24.2 Å². The second kappa shape index (κ2) is 8.99. The second-order valence-electron chi connectivity index (χ2n) is 6.47. The molecule has 0 unspecified atom stereocenters. The Labute approximate surface area is 165 Å². The van der Waals surface area contributed by atoms with Gasteiger partial charge in [-0.25, -0.2) is 13.8 Å². The molecule has 0 radical (unpaired) electrons. The van der Waals surface area contributed by atoms with Gasteiger partial charge in [-0.15, -0.1) is 0 Å². The molecular weight excluding hydrogens is 378 g/mol. The third-order valence-corrected chi connectivity index (χ3v) is 6.42. The summed E-state index contributed by atoms with van der Waals surface area (Å²) in [5.74, 6) is 0.209. The van der Waals surface area contributed by atoms with Crippen LogP contribution in [0.1, 0.15) is 35.2 Å². The van der Waals surface area contributed by atoms with E-state index in [-0.39, 0.29) is 10.5 Å². The molecule has 148 valence electrons. The third-order valence-electron chi connectivity index (χ3n) is 4.52. The van der Waals surface area contributed by atoms with Crippen LogP contribution in [-0.4, -0.2) is 45.0 Å². The van der Waals surface area contributed by atoms with E-state index in [0.29, 0.717) is 18.8 Å². The highest BCUT2D eigenvalue weighted by atomic mass is 32.2. The zero-order chi connectivity index (χ0) is 20.0. The first kappa shape index (κ1) is 20.0. The Balaban J connectivity index is 1.70. The van der Waals surface area contributed by atoms with Crippen molar-refractivity contribution in [2.75, 3.05) is 20.2 Å². The smallest absolute Gasteiger partial charge is 0.271 e. The number of rotatable bonds is 6. The lowest BCUT2D eigenvalue weighted by Crippen LogP contribution is -2.35. The largest absolute Gasteiger partial charge is 0.497 e. The summed E-state index contributed by atoms with van der Waals surface area (Å²) in [5, 5.41) is 3.94. The summed E-state index contributed by atoms with van der Waals surface area (Å²) in [4.78, 5) is 12.5. The van der Waals surface area contributed by atoms with Crippen molar-refractivity contribution in [1.29, 1.82) is 0 Å². The van der Waals surface area contributed by atoms with Crippen LogP contribution < -0.4 is 10.2 Å². The molecule has 7 nitrogen and oxygen atoms in total. The molecule has 1 fully saturated rings. The molecule has 8 heteroatoms. The number of nitrogens with one attached hydrogen (secondary N) is 1. The summed E-state index contributed by atoms with van der Waals surface area (Å²) >= 11 is 0. The van der Waals surface area contributed by atoms with Gasteiger partial charge in [0.25, 0.3) is 5.91 Å². The van der Waals surface area contributed by atoms with Crippen molar-refractivity contribution in [3.8, 4) is 5.75 Å². The molecule has 1 saturated heterocycles. The minimum absolute atomic E-state index is 0.124. The Kier molecular flexibility index (Phi) is 6.43. The molecule has 0 spiro atoms. The number of hydrazone groups is 1. The van der Waals surface area contributed by atoms with Gasteiger partial charge in [0, 0.05) is 18.7 Å². The lowest BCUT2D eigenvalue weighted by atomic mass is 10.2. The summed E-state index contributed by atoms with van der Waals surface area (Å²) in [7, 11) is -2.02. The first-order chi connectivity index (χ1) is 13.5. The van der Waals surface area contributed by atoms with Crippen LogP contribution in [0.5, 0.6) is 5.75 Å². The number of piperidine rings is 1. The predicted octanol–water partition coefficient (Wildman–Crippen LogP) is 2.63. The molecule has 0 bridgehead atoms. The Hall–Kier alpha value is -2.71. The van der Waals surface area contributed by atoms with Gasteiger partial charge in [-0.2, -0.15) is 9.41 Å². The fourth-order valence-electron chi connectivity index (χ4n) is 3.00. The Morgan fingerprint density at radius 1 is 1.11 bits per heavy atom. The number of carbonyl (C=O) groups is 1. The lowest BCUT2D eigenvalue weighted by molar-refractivity contribution is 0.0955. The molecule has 0 aromatic heterocycles. The van der Waals surface area contributed by atoms with Crippen molar-refractivity contribution in [3.63, 3.8) is 0 Å². The topological polar surface area (TPSA) is 88.1 Å². The van der Waals surface area contributed by atoms with Gasteiger partial charge in [-0.05, 0) is 48.7 Å². The highest BCUT2D eigenvalue weighted by molar-refractivity contribution is 7.89. The van der Waals surface area contributed by atoms with Crippen LogP contribution in [0, 0.1) is 0 Å². The van der Waals surface area contributed by atoms with E-state index >= 15 is 0 Å². The van der Waals surface area contributed by atoms with Gasteiger partial charge in [0.2, 0.25) is 10.0 Å². The number of hydrogen-bond acceptors (Lipinski definition) is 5. The van der Waals surface area contributed by atoms with Crippen molar-refractivity contribution in [3.05, 3.63) is 59.7 Å². The maximum Gasteiger partial charge on any atom is 0.271 e. The first-order valence-corrected chi connectivity index (χ1v) is 10.5. The highest BCUT2D eigenvalue weighted by Gasteiger charge is 2.26. The molecule has 0 saturated carbocycles. The van der Waals surface area contributed by atoms with Crippen LogP contribution in [0.3, 0.4) is 0 Å². The van der Waals surface area contributed by atoms with E-state index < -0.39 is 15.9 Å². The molecule has 2 aromatic carbocycles. The van der Waals surface area contributed by atoms with E-state index in [0.717, 1.165) is 24.8 Å². The third kappa shape index (κ3) is 4.76. The minimum atomic E-state index is -3.59. The van der Waals surface area contributed by atoms with Crippen LogP contribution in [0.25, 0.3) is 0 Å². The van der Waals surface area contributed by atoms with Crippen molar-refractivity contribution in [1.82, 2.24) is 9.73 Å². The Morgan fingerprint density at radius 2 is 1.86 bits per heavy atom. The zero-order valence-corrected chi connectivity index (χ0v) is 16.5. The number of amides is 1. The van der Waals surface area contributed by atoms with E-state index in [1.54, 1.807) is 25.3 Å². The number of benzene rings is 2. The molecule has 1 N–H and O–H groups in total. The van der Waals surface area contributed by atoms with Crippen LogP contribution in [0.15, 0.2) is 58.5 Å². The molecule has 1 heterocycles. The van der Waals surface area contributed by atoms with Gasteiger partial charge in [0.05, 0.1) is 18.2 Å². The molecule has 1 aliphatic heterocycles. The zero-order valence-electron chi connectivity index (χ0n) is 15.7. The van der Waals surface area contributed by atoms with E-state index in [4.69, 9.17) is 4.74 Å². The molecular formula is C20H23N3O4S. The molecule has 2 aromatic rings. The average Bonchev–Trinajstić information content (AvgIpc) is 2.74. The molecule has 3 rings (SSSR count). The van der Waals surface area contributed by atoms with Gasteiger partial charge in [-0.3, -0.25) is 4.79 Å². The van der Waals surface area contributed by atoms with E-state index in [1.165, 1.54) is 22.7 Å². The van der Waals surface area contributed by atoms with E-state index in [2.05, 4.69) is 10.5 Å². The van der Waals surface area contributed by atoms with Crippen LogP contribution in [0.2, 0.25) is 0 Å². The number of hydrogen-bond donors (Lipinski definition) is 1. The van der Waals surface area contributed by atoms with Gasteiger partial charge >= 0.3 is 0 Å². The molecule has 28 heavy (non-hydrogen) atoms. The first-order valence-electron chi connectivity index (χ1n) is 9.08. The van der Waals surface area contributed by atoms with Crippen molar-refractivity contribution in [2.24, 2.45) is 5.10 Å². The van der Waals surface area contributed by atoms with Gasteiger partial charge in [0.1, 0.15) is 5.75 Å². The maximum atomic E-state index is 12.8. The number of sulfonamides is 1. The van der Waals surface area contributed by atoms with Gasteiger partial charge in [-0.1, -0.05) is 24.6 Å². The quantitative estimate of drug-likeness (QED) is 0.595. The van der Waals surface area contributed by atoms with Crippen LogP contribution in [-0.2, 0) is 10.0 Å². The van der Waals surface area contributed by atoms with Crippen LogP contribution >= 0.6 is 0 Å². The number of carbonyl (C=O) groups excluding carboxylic acids is 1. The summed E-state index contributed by atoms with van der Waals surface area (Å²) in [5.41, 5.74) is 3.43. The van der Waals surface area contributed by atoms with Crippen molar-refractivity contribution < 1.29 is 17.9 Å². The van der Waals surface area contributed by atoms with Gasteiger partial charge < -0.3 is 4.74 Å². The average molecular weight is 401 g/mol. The summed E-state index contributed by atoms with van der Waals surface area (Å²) < 4.78 is 32.2. The monoisotopic (exact) mass is 401 g/mol. The summed E-state index contributed by atoms with van der Waals surface area (Å²) in [6.45, 7) is 1.03. The fraction of sp³-hybridized carbons (Fsp3) is 0.300. The molecule has 0 aliphatic carbocycles. The normalized spacial score (nSPS) is 15.5. The van der Waals surface area contributed by atoms with Crippen LogP contribution in [0.4, 0.5) is 0 Å². The minimum Gasteiger partial charge on any atom is -0.497 e. The lowest BCUT2D eigenvalue weighted by Gasteiger charge is -2.25. The maximum absolute atomic E-state index is 12.8. The number of ether oxygens (including phenoxy) is 1. The van der Waals surface area contributed by atoms with E-state index in [1.807, 2.05) is 18.2 Å². The summed E-state index contributed by atoms with van der Waals surface area (Å²) in [6.07, 6.45) is 4.26. The second-order valence-corrected chi connectivity index (χ2v) is 8.41. The van der Waals surface area contributed by atoms with Crippen molar-refractivity contribution >= 4 is 22.1 Å². The molecule has 1 aliphatic rings. The fourth-order valence-corrected chi connectivity index (χ4v) is 4.57. The summed E-state index contributed by atoms with van der Waals surface area (Å²) in [6, 6.07) is 13.3. The SMILES string of the molecule is COc1cccc(/C=N/NC(=O)c2cccc(S(=O)(=O)N3CCCCC3)c2)c1. The number of methoxy groups -OCH3 is 1. The van der Waals surface area contributed by atoms with E-state index in [9.17, 15) is 13.2 Å².